The summed E-state index contributed by atoms with van der Waals surface area (Å²) in [7, 11) is 0. The highest BCUT2D eigenvalue weighted by Crippen LogP contribution is 2.70. The lowest BCUT2D eigenvalue weighted by molar-refractivity contribution is -0.233. The summed E-state index contributed by atoms with van der Waals surface area (Å²) in [4.78, 5) is 12.2. The Bertz CT molecular complexity index is 934. The number of benzene rings is 1. The number of hydrogen-bond donors (Lipinski definition) is 2. The van der Waals surface area contributed by atoms with E-state index in [9.17, 15) is 15.0 Å². The van der Waals surface area contributed by atoms with Gasteiger partial charge in [-0.1, -0.05) is 27.7 Å². The highest BCUT2D eigenvalue weighted by atomic mass is 16.5. The van der Waals surface area contributed by atoms with E-state index < -0.39 is 5.60 Å². The summed E-state index contributed by atoms with van der Waals surface area (Å²) in [5.41, 5.74) is 1.50. The van der Waals surface area contributed by atoms with Crippen LogP contribution in [0.2, 0.25) is 0 Å². The van der Waals surface area contributed by atoms with E-state index in [0.717, 1.165) is 62.5 Å². The molecule has 4 aliphatic rings. The molecule has 0 saturated heterocycles. The average Bonchev–Trinajstić information content (AvgIpc) is 3.37. The van der Waals surface area contributed by atoms with Crippen molar-refractivity contribution in [3.05, 3.63) is 22.8 Å². The summed E-state index contributed by atoms with van der Waals surface area (Å²) < 4.78 is 12.4. The second-order valence-electron chi connectivity index (χ2n) is 10.7. The Morgan fingerprint density at radius 2 is 1.81 bits per heavy atom. The van der Waals surface area contributed by atoms with Gasteiger partial charge in [-0.25, -0.2) is 4.79 Å². The van der Waals surface area contributed by atoms with E-state index in [-0.39, 0.29) is 35.3 Å². The Hall–Kier alpha value is -1.75. The Morgan fingerprint density at radius 1 is 1.06 bits per heavy atom. The fourth-order valence-corrected chi connectivity index (χ4v) is 8.74. The molecule has 2 fully saturated rings. The molecule has 0 amide bonds. The van der Waals surface area contributed by atoms with Gasteiger partial charge in [0.15, 0.2) is 0 Å². The van der Waals surface area contributed by atoms with Gasteiger partial charge in [-0.2, -0.15) is 0 Å². The molecule has 0 aromatic heterocycles. The smallest absolute Gasteiger partial charge is 0.339 e. The van der Waals surface area contributed by atoms with E-state index in [1.807, 2.05) is 0 Å². The molecule has 1 aromatic carbocycles. The largest absolute Gasteiger partial charge is 0.508 e. The highest BCUT2D eigenvalue weighted by Gasteiger charge is 2.69. The molecule has 2 N–H and O–H groups in total. The monoisotopic (exact) mass is 442 g/mol. The molecule has 2 aliphatic carbocycles. The number of carbonyl (C=O) groups excluding carboxylic acids is 1. The van der Waals surface area contributed by atoms with Crippen molar-refractivity contribution in [2.24, 2.45) is 22.7 Å². The van der Waals surface area contributed by atoms with Crippen LogP contribution in [0.5, 0.6) is 11.5 Å². The number of carbonyl (C=O) groups is 1. The minimum Gasteiger partial charge on any atom is -0.508 e. The zero-order chi connectivity index (χ0) is 22.9. The third-order valence-corrected chi connectivity index (χ3v) is 10.4. The first-order valence-electron chi connectivity index (χ1n) is 12.8. The zero-order valence-corrected chi connectivity index (χ0v) is 20.0. The molecule has 2 heterocycles. The average molecular weight is 443 g/mol. The van der Waals surface area contributed by atoms with Crippen molar-refractivity contribution >= 4 is 5.97 Å². The van der Waals surface area contributed by atoms with Crippen LogP contribution < -0.4 is 4.74 Å². The quantitative estimate of drug-likeness (QED) is 0.600. The number of fused-ring (bicyclic) bond motifs is 5. The van der Waals surface area contributed by atoms with Crippen LogP contribution >= 0.6 is 0 Å². The van der Waals surface area contributed by atoms with Crippen molar-refractivity contribution in [3.63, 3.8) is 0 Å². The molecule has 1 aromatic rings. The molecule has 5 heteroatoms. The lowest BCUT2D eigenvalue weighted by Gasteiger charge is -2.66. The van der Waals surface area contributed by atoms with E-state index in [4.69, 9.17) is 9.47 Å². The number of phenolic OH excluding ortho intramolecular Hbond substituents is 1. The number of cyclic esters (lactones) is 1. The number of hydrogen-bond acceptors (Lipinski definition) is 5. The first-order valence-corrected chi connectivity index (χ1v) is 12.8. The second-order valence-corrected chi connectivity index (χ2v) is 10.7. The number of esters is 1. The third-order valence-electron chi connectivity index (χ3n) is 10.4. The Labute approximate surface area is 191 Å². The van der Waals surface area contributed by atoms with Crippen LogP contribution in [0.1, 0.15) is 101 Å². The summed E-state index contributed by atoms with van der Waals surface area (Å²) >= 11 is 0. The number of rotatable bonds is 4. The summed E-state index contributed by atoms with van der Waals surface area (Å²) in [6.07, 6.45) is 8.31. The lowest BCUT2D eigenvalue weighted by atomic mass is 9.40. The molecular weight excluding hydrogens is 404 g/mol. The molecule has 2 aliphatic heterocycles. The Kier molecular flexibility index (Phi) is 5.09. The molecule has 176 valence electrons. The molecular formula is C27H38O5. The van der Waals surface area contributed by atoms with Crippen LogP contribution in [-0.2, 0) is 17.8 Å². The fraction of sp³-hybridized carbons (Fsp3) is 0.741. The third kappa shape index (κ3) is 2.47. The van der Waals surface area contributed by atoms with Gasteiger partial charge in [0, 0.05) is 23.0 Å². The second kappa shape index (κ2) is 7.38. The van der Waals surface area contributed by atoms with Gasteiger partial charge < -0.3 is 19.7 Å². The van der Waals surface area contributed by atoms with Crippen LogP contribution in [0, 0.1) is 22.7 Å². The lowest BCUT2D eigenvalue weighted by Crippen LogP contribution is -2.68. The maximum absolute atomic E-state index is 12.2. The van der Waals surface area contributed by atoms with Gasteiger partial charge in [-0.15, -0.1) is 0 Å². The van der Waals surface area contributed by atoms with E-state index in [2.05, 4.69) is 27.7 Å². The summed E-state index contributed by atoms with van der Waals surface area (Å²) in [6.45, 7) is 9.25. The minimum atomic E-state index is -0.421. The molecule has 32 heavy (non-hydrogen) atoms. The molecule has 5 rings (SSSR count). The first-order chi connectivity index (χ1) is 15.3. The van der Waals surface area contributed by atoms with Crippen LogP contribution in [0.25, 0.3) is 0 Å². The fourth-order valence-electron chi connectivity index (χ4n) is 8.74. The van der Waals surface area contributed by atoms with Gasteiger partial charge >= 0.3 is 5.97 Å². The summed E-state index contributed by atoms with van der Waals surface area (Å²) in [6, 6.07) is 1.58. The number of ether oxygens (including phenoxy) is 2. The Morgan fingerprint density at radius 3 is 2.47 bits per heavy atom. The maximum Gasteiger partial charge on any atom is 0.339 e. The zero-order valence-electron chi connectivity index (χ0n) is 20.0. The number of aliphatic hydroxyl groups is 1. The van der Waals surface area contributed by atoms with Crippen molar-refractivity contribution in [1.29, 1.82) is 0 Å². The molecule has 0 unspecified atom stereocenters. The summed E-state index contributed by atoms with van der Waals surface area (Å²) in [5, 5.41) is 22.2. The molecule has 5 atom stereocenters. The standard InChI is InChI=1S/C27H38O5/c1-5-16-9-10-21-25(6-2,7-3)22(29)11-12-26(21,8-4)27(16)14-18-20(28)13-17-19(23(18)32-27)15-31-24(17)30/h13,16,21-22,28-29H,5-12,14-15H2,1-4H3/t16-,21+,22-,26+,27-/m1/s1. The molecule has 1 spiro atoms. The van der Waals surface area contributed by atoms with Crippen molar-refractivity contribution in [1.82, 2.24) is 0 Å². The van der Waals surface area contributed by atoms with E-state index in [0.29, 0.717) is 29.6 Å². The minimum absolute atomic E-state index is 0.0704. The van der Waals surface area contributed by atoms with Crippen LogP contribution in [0.4, 0.5) is 0 Å². The Balaban J connectivity index is 1.70. The van der Waals surface area contributed by atoms with Crippen molar-refractivity contribution < 1.29 is 24.5 Å². The highest BCUT2D eigenvalue weighted by molar-refractivity contribution is 5.95. The topological polar surface area (TPSA) is 76.0 Å². The van der Waals surface area contributed by atoms with Crippen molar-refractivity contribution in [2.75, 3.05) is 0 Å². The van der Waals surface area contributed by atoms with Crippen LogP contribution in [0.15, 0.2) is 6.07 Å². The van der Waals surface area contributed by atoms with Gasteiger partial charge in [-0.05, 0) is 74.7 Å². The number of phenols is 1. The normalized spacial score (nSPS) is 36.9. The molecule has 2 saturated carbocycles. The number of aliphatic hydroxyl groups excluding tert-OH is 1. The van der Waals surface area contributed by atoms with Crippen molar-refractivity contribution in [2.45, 2.75) is 104 Å². The first kappa shape index (κ1) is 22.1. The van der Waals surface area contributed by atoms with Gasteiger partial charge in [0.2, 0.25) is 0 Å². The summed E-state index contributed by atoms with van der Waals surface area (Å²) in [5.74, 6) is 1.23. The van der Waals surface area contributed by atoms with Crippen LogP contribution in [-0.4, -0.2) is 27.9 Å². The van der Waals surface area contributed by atoms with Gasteiger partial charge in [-0.3, -0.25) is 0 Å². The molecule has 0 radical (unpaired) electrons. The van der Waals surface area contributed by atoms with Gasteiger partial charge in [0.05, 0.1) is 11.7 Å². The predicted octanol–water partition coefficient (Wildman–Crippen LogP) is 5.53. The van der Waals surface area contributed by atoms with E-state index >= 15 is 0 Å². The predicted molar refractivity (Wildman–Crippen MR) is 122 cm³/mol. The maximum atomic E-state index is 12.2. The van der Waals surface area contributed by atoms with Gasteiger partial charge in [0.1, 0.15) is 23.7 Å². The van der Waals surface area contributed by atoms with Gasteiger partial charge in [0.25, 0.3) is 0 Å². The van der Waals surface area contributed by atoms with E-state index in [1.165, 1.54) is 0 Å². The number of aromatic hydroxyl groups is 1. The van der Waals surface area contributed by atoms with Crippen LogP contribution in [0.3, 0.4) is 0 Å². The molecule has 0 bridgehead atoms. The molecule has 5 nitrogen and oxygen atoms in total. The SMILES string of the molecule is CC[C@@H]1CC[C@H]2C(CC)(CC)[C@H](O)CC[C@]2(CC)[C@@]12Cc1c(O)cc3c(c1O2)COC3=O. The van der Waals surface area contributed by atoms with E-state index in [1.54, 1.807) is 6.07 Å². The van der Waals surface area contributed by atoms with Crippen molar-refractivity contribution in [3.8, 4) is 11.5 Å².